The van der Waals surface area contributed by atoms with Gasteiger partial charge in [-0.2, -0.15) is 0 Å². The first-order valence-electron chi connectivity index (χ1n) is 5.01. The van der Waals surface area contributed by atoms with E-state index in [0.717, 1.165) is 5.56 Å². The molecule has 0 aliphatic heterocycles. The maximum atomic E-state index is 13.4. The van der Waals surface area contributed by atoms with Crippen molar-refractivity contribution in [1.82, 2.24) is 4.98 Å². The molecule has 3 nitrogen and oxygen atoms in total. The van der Waals surface area contributed by atoms with Crippen molar-refractivity contribution in [3.05, 3.63) is 47.5 Å². The Morgan fingerprint density at radius 2 is 1.76 bits per heavy atom. The summed E-state index contributed by atoms with van der Waals surface area (Å²) in [6.07, 6.45) is 0. The summed E-state index contributed by atoms with van der Waals surface area (Å²) in [5.74, 6) is -2.07. The van der Waals surface area contributed by atoms with Crippen LogP contribution in [0.5, 0.6) is 0 Å². The minimum Gasteiger partial charge on any atom is -0.381 e. The lowest BCUT2D eigenvalue weighted by atomic mass is 10.2. The molecule has 0 fully saturated rings. The minimum atomic E-state index is -0.864. The van der Waals surface area contributed by atoms with Gasteiger partial charge in [0.15, 0.2) is 23.3 Å². The number of aryl methyl sites for hydroxylation is 1. The molecule has 0 spiro atoms. The van der Waals surface area contributed by atoms with E-state index in [1.54, 1.807) is 12.1 Å². The third-order valence-electron chi connectivity index (χ3n) is 2.27. The molecule has 88 valence electrons. The Labute approximate surface area is 97.3 Å². The number of nitrogens with two attached hydrogens (primary N) is 1. The molecule has 0 aliphatic rings. The van der Waals surface area contributed by atoms with Crippen LogP contribution in [0.4, 0.5) is 26.1 Å². The monoisotopic (exact) mass is 235 g/mol. The van der Waals surface area contributed by atoms with Gasteiger partial charge in [0.25, 0.3) is 0 Å². The highest BCUT2D eigenvalue weighted by Gasteiger charge is 2.09. The van der Waals surface area contributed by atoms with Gasteiger partial charge in [-0.3, -0.25) is 0 Å². The summed E-state index contributed by atoms with van der Waals surface area (Å²) in [7, 11) is 0. The SMILES string of the molecule is Cc1ccc(Nc2nc(N)c(F)cc2F)cc1. The van der Waals surface area contributed by atoms with Crippen molar-refractivity contribution < 1.29 is 8.78 Å². The number of hydrogen-bond acceptors (Lipinski definition) is 3. The second-order valence-corrected chi connectivity index (χ2v) is 3.68. The number of nitrogen functional groups attached to an aromatic ring is 1. The molecule has 0 amide bonds. The van der Waals surface area contributed by atoms with Gasteiger partial charge in [0.1, 0.15) is 0 Å². The first-order chi connectivity index (χ1) is 8.06. The minimum absolute atomic E-state index is 0.0900. The van der Waals surface area contributed by atoms with Gasteiger partial charge in [-0.15, -0.1) is 0 Å². The third-order valence-corrected chi connectivity index (χ3v) is 2.27. The summed E-state index contributed by atoms with van der Waals surface area (Å²) in [6, 6.07) is 7.99. The summed E-state index contributed by atoms with van der Waals surface area (Å²) in [5.41, 5.74) is 7.02. The number of halogens is 2. The fraction of sp³-hybridized carbons (Fsp3) is 0.0833. The van der Waals surface area contributed by atoms with Crippen LogP contribution < -0.4 is 11.1 Å². The molecule has 1 aromatic carbocycles. The number of pyridine rings is 1. The maximum Gasteiger partial charge on any atom is 0.169 e. The molecule has 1 aromatic heterocycles. The summed E-state index contributed by atoms with van der Waals surface area (Å²) in [6.45, 7) is 1.94. The molecular formula is C12H11F2N3. The number of aromatic nitrogens is 1. The molecule has 0 aliphatic carbocycles. The Kier molecular flexibility index (Phi) is 2.91. The fourth-order valence-electron chi connectivity index (χ4n) is 1.34. The van der Waals surface area contributed by atoms with Crippen molar-refractivity contribution in [1.29, 1.82) is 0 Å². The quantitative estimate of drug-likeness (QED) is 0.841. The van der Waals surface area contributed by atoms with Crippen molar-refractivity contribution in [2.24, 2.45) is 0 Å². The largest absolute Gasteiger partial charge is 0.381 e. The predicted molar refractivity (Wildman–Crippen MR) is 63.0 cm³/mol. The molecule has 5 heteroatoms. The molecule has 3 N–H and O–H groups in total. The van der Waals surface area contributed by atoms with Gasteiger partial charge < -0.3 is 11.1 Å². The van der Waals surface area contributed by atoms with Crippen molar-refractivity contribution in [3.8, 4) is 0 Å². The van der Waals surface area contributed by atoms with Gasteiger partial charge in [0.05, 0.1) is 0 Å². The number of hydrogen-bond donors (Lipinski definition) is 2. The van der Waals surface area contributed by atoms with Gasteiger partial charge in [0, 0.05) is 11.8 Å². The Hall–Kier alpha value is -2.17. The van der Waals surface area contributed by atoms with Gasteiger partial charge >= 0.3 is 0 Å². The lowest BCUT2D eigenvalue weighted by Gasteiger charge is -2.08. The van der Waals surface area contributed by atoms with E-state index in [0.29, 0.717) is 11.8 Å². The molecule has 1 heterocycles. The second-order valence-electron chi connectivity index (χ2n) is 3.68. The molecule has 2 aromatic rings. The van der Waals surface area contributed by atoms with Gasteiger partial charge in [0.2, 0.25) is 0 Å². The van der Waals surface area contributed by atoms with Crippen LogP contribution in [-0.2, 0) is 0 Å². The van der Waals surface area contributed by atoms with Crippen LogP contribution in [-0.4, -0.2) is 4.98 Å². The summed E-state index contributed by atoms with van der Waals surface area (Å²) < 4.78 is 26.3. The van der Waals surface area contributed by atoms with E-state index in [4.69, 9.17) is 5.73 Å². The zero-order valence-corrected chi connectivity index (χ0v) is 9.17. The van der Waals surface area contributed by atoms with Crippen LogP contribution in [0.3, 0.4) is 0 Å². The normalized spacial score (nSPS) is 10.3. The first-order valence-corrected chi connectivity index (χ1v) is 5.01. The smallest absolute Gasteiger partial charge is 0.169 e. The van der Waals surface area contributed by atoms with Crippen LogP contribution in [0.15, 0.2) is 30.3 Å². The summed E-state index contributed by atoms with van der Waals surface area (Å²) in [4.78, 5) is 3.61. The van der Waals surface area contributed by atoms with E-state index >= 15 is 0 Å². The Morgan fingerprint density at radius 3 is 2.41 bits per heavy atom. The van der Waals surface area contributed by atoms with Crippen LogP contribution in [0.1, 0.15) is 5.56 Å². The van der Waals surface area contributed by atoms with Crippen molar-refractivity contribution in [2.45, 2.75) is 6.92 Å². The highest BCUT2D eigenvalue weighted by Crippen LogP contribution is 2.21. The topological polar surface area (TPSA) is 50.9 Å². The van der Waals surface area contributed by atoms with E-state index in [-0.39, 0.29) is 11.6 Å². The number of rotatable bonds is 2. The second kappa shape index (κ2) is 4.37. The van der Waals surface area contributed by atoms with E-state index in [1.807, 2.05) is 19.1 Å². The van der Waals surface area contributed by atoms with Gasteiger partial charge in [-0.25, -0.2) is 13.8 Å². The third kappa shape index (κ3) is 2.50. The standard InChI is InChI=1S/C12H11F2N3/c1-7-2-4-8(5-3-7)16-12-10(14)6-9(13)11(15)17-12/h2-6H,1H3,(H3,15,16,17). The van der Waals surface area contributed by atoms with Crippen LogP contribution in [0.25, 0.3) is 0 Å². The van der Waals surface area contributed by atoms with Crippen LogP contribution in [0, 0.1) is 18.6 Å². The van der Waals surface area contributed by atoms with Gasteiger partial charge in [-0.05, 0) is 19.1 Å². The van der Waals surface area contributed by atoms with E-state index < -0.39 is 11.6 Å². The Balaban J connectivity index is 2.30. The molecule has 0 radical (unpaired) electrons. The molecule has 2 rings (SSSR count). The Morgan fingerprint density at radius 1 is 1.12 bits per heavy atom. The van der Waals surface area contributed by atoms with Crippen molar-refractivity contribution in [3.63, 3.8) is 0 Å². The van der Waals surface area contributed by atoms with E-state index in [1.165, 1.54) is 0 Å². The average molecular weight is 235 g/mol. The summed E-state index contributed by atoms with van der Waals surface area (Å²) >= 11 is 0. The Bertz CT molecular complexity index is 538. The molecule has 0 saturated carbocycles. The number of nitrogens with zero attached hydrogens (tertiary/aromatic N) is 1. The van der Waals surface area contributed by atoms with Crippen molar-refractivity contribution >= 4 is 17.3 Å². The van der Waals surface area contributed by atoms with Crippen LogP contribution >= 0.6 is 0 Å². The van der Waals surface area contributed by atoms with Gasteiger partial charge in [-0.1, -0.05) is 17.7 Å². The number of nitrogens with one attached hydrogen (secondary N) is 1. The molecule has 0 unspecified atom stereocenters. The number of benzene rings is 1. The lowest BCUT2D eigenvalue weighted by Crippen LogP contribution is -2.03. The van der Waals surface area contributed by atoms with Crippen molar-refractivity contribution in [2.75, 3.05) is 11.1 Å². The zero-order chi connectivity index (χ0) is 12.4. The first kappa shape index (κ1) is 11.3. The lowest BCUT2D eigenvalue weighted by molar-refractivity contribution is 0.581. The molecule has 17 heavy (non-hydrogen) atoms. The van der Waals surface area contributed by atoms with E-state index in [2.05, 4.69) is 10.3 Å². The van der Waals surface area contributed by atoms with E-state index in [9.17, 15) is 8.78 Å². The zero-order valence-electron chi connectivity index (χ0n) is 9.17. The molecular weight excluding hydrogens is 224 g/mol. The molecule has 0 bridgehead atoms. The predicted octanol–water partition coefficient (Wildman–Crippen LogP) is 2.99. The fourth-order valence-corrected chi connectivity index (χ4v) is 1.34. The van der Waals surface area contributed by atoms with Crippen LogP contribution in [0.2, 0.25) is 0 Å². The highest BCUT2D eigenvalue weighted by atomic mass is 19.1. The summed E-state index contributed by atoms with van der Waals surface area (Å²) in [5, 5.41) is 2.73. The number of anilines is 3. The molecule has 0 saturated heterocycles. The average Bonchev–Trinajstić information content (AvgIpc) is 2.29. The maximum absolute atomic E-state index is 13.4. The molecule has 0 atom stereocenters. The highest BCUT2D eigenvalue weighted by molar-refractivity contribution is 5.58.